The van der Waals surface area contributed by atoms with Crippen LogP contribution < -0.4 is 8.92 Å². The van der Waals surface area contributed by atoms with E-state index in [1.54, 1.807) is 6.08 Å². The fourth-order valence-corrected chi connectivity index (χ4v) is 4.02. The monoisotopic (exact) mass is 490 g/mol. The molecular weight excluding hydrogens is 480 g/mol. The Morgan fingerprint density at radius 1 is 0.966 bits per heavy atom. The molecule has 29 heavy (non-hydrogen) atoms. The maximum atomic E-state index is 12.5. The number of allylic oxidation sites excluding steroid dienone is 1. The molecule has 4 rings (SSSR count). The number of benzene rings is 3. The van der Waals surface area contributed by atoms with E-state index in [0.29, 0.717) is 10.6 Å². The lowest BCUT2D eigenvalue weighted by molar-refractivity contribution is 0.101. The quantitative estimate of drug-likeness (QED) is 0.357. The summed E-state index contributed by atoms with van der Waals surface area (Å²) in [4.78, 5) is 12.5. The maximum absolute atomic E-state index is 12.5. The van der Waals surface area contributed by atoms with Crippen LogP contribution in [0.3, 0.4) is 0 Å². The molecule has 0 atom stereocenters. The molecule has 0 N–H and O–H groups in total. The highest BCUT2D eigenvalue weighted by Gasteiger charge is 2.28. The van der Waals surface area contributed by atoms with Gasteiger partial charge in [0.15, 0.2) is 5.76 Å². The van der Waals surface area contributed by atoms with Gasteiger partial charge < -0.3 is 8.92 Å². The molecule has 3 aromatic rings. The largest absolute Gasteiger partial charge is 0.452 e. The summed E-state index contributed by atoms with van der Waals surface area (Å²) < 4.78 is 36.6. The number of fused-ring (bicyclic) bond motifs is 1. The Morgan fingerprint density at radius 2 is 1.66 bits per heavy atom. The van der Waals surface area contributed by atoms with Crippen LogP contribution in [-0.4, -0.2) is 14.2 Å². The summed E-state index contributed by atoms with van der Waals surface area (Å²) in [6.45, 7) is 0. The summed E-state index contributed by atoms with van der Waals surface area (Å²) >= 11 is 9.14. The Kier molecular flexibility index (Phi) is 5.21. The van der Waals surface area contributed by atoms with Crippen molar-refractivity contribution in [2.75, 3.05) is 0 Å². The average Bonchev–Trinajstić information content (AvgIpc) is 2.98. The van der Waals surface area contributed by atoms with Gasteiger partial charge in [-0.05, 0) is 60.2 Å². The predicted molar refractivity (Wildman–Crippen MR) is 113 cm³/mol. The first-order valence-corrected chi connectivity index (χ1v) is 10.9. The van der Waals surface area contributed by atoms with Gasteiger partial charge in [-0.1, -0.05) is 39.7 Å². The van der Waals surface area contributed by atoms with Crippen LogP contribution >= 0.6 is 27.5 Å². The van der Waals surface area contributed by atoms with Crippen LogP contribution in [-0.2, 0) is 10.1 Å². The second kappa shape index (κ2) is 7.67. The van der Waals surface area contributed by atoms with Crippen LogP contribution in [0.25, 0.3) is 6.08 Å². The van der Waals surface area contributed by atoms with E-state index in [9.17, 15) is 13.2 Å². The van der Waals surface area contributed by atoms with E-state index in [4.69, 9.17) is 20.5 Å². The zero-order valence-electron chi connectivity index (χ0n) is 14.6. The van der Waals surface area contributed by atoms with Crippen molar-refractivity contribution in [3.05, 3.63) is 93.1 Å². The van der Waals surface area contributed by atoms with Crippen molar-refractivity contribution in [2.24, 2.45) is 0 Å². The fraction of sp³-hybridized carbons (Fsp3) is 0. The smallest absolute Gasteiger partial charge is 0.339 e. The van der Waals surface area contributed by atoms with E-state index in [-0.39, 0.29) is 27.9 Å². The number of halogens is 2. The van der Waals surface area contributed by atoms with Gasteiger partial charge in [0, 0.05) is 15.6 Å². The molecule has 5 nitrogen and oxygen atoms in total. The Morgan fingerprint density at radius 3 is 2.34 bits per heavy atom. The normalized spacial score (nSPS) is 14.6. The van der Waals surface area contributed by atoms with Crippen LogP contribution in [0.2, 0.25) is 5.02 Å². The van der Waals surface area contributed by atoms with Crippen molar-refractivity contribution in [2.45, 2.75) is 4.90 Å². The molecule has 0 aromatic heterocycles. The molecular formula is C21H12BrClO5S. The van der Waals surface area contributed by atoms with Crippen molar-refractivity contribution >= 4 is 49.5 Å². The third-order valence-corrected chi connectivity index (χ3v) is 6.16. The van der Waals surface area contributed by atoms with E-state index in [1.807, 2.05) is 24.3 Å². The van der Waals surface area contributed by atoms with Gasteiger partial charge in [-0.3, -0.25) is 4.79 Å². The summed E-state index contributed by atoms with van der Waals surface area (Å²) in [5.41, 5.74) is 1.13. The zero-order valence-corrected chi connectivity index (χ0v) is 17.8. The third-order valence-electron chi connectivity index (χ3n) is 4.12. The van der Waals surface area contributed by atoms with Crippen molar-refractivity contribution in [1.29, 1.82) is 0 Å². The number of ether oxygens (including phenoxy) is 1. The van der Waals surface area contributed by atoms with E-state index in [1.165, 1.54) is 42.5 Å². The number of rotatable bonds is 4. The van der Waals surface area contributed by atoms with Crippen LogP contribution in [0.5, 0.6) is 11.5 Å². The fourth-order valence-electron chi connectivity index (χ4n) is 2.71. The minimum atomic E-state index is -4.05. The summed E-state index contributed by atoms with van der Waals surface area (Å²) in [5, 5.41) is 0.415. The summed E-state index contributed by atoms with van der Waals surface area (Å²) in [5.74, 6) is 0.147. The molecule has 0 saturated heterocycles. The van der Waals surface area contributed by atoms with Gasteiger partial charge >= 0.3 is 10.1 Å². The first kappa shape index (κ1) is 19.7. The molecule has 0 amide bonds. The van der Waals surface area contributed by atoms with Gasteiger partial charge in [-0.15, -0.1) is 0 Å². The number of Topliss-reactive ketones (excluding diaryl/α,β-unsaturated/α-hetero) is 1. The SMILES string of the molecule is O=C1/C(=C/c2ccc(Br)cc2)Oc2cc(OS(=O)(=O)c3ccc(Cl)cc3)ccc21. The van der Waals surface area contributed by atoms with Crippen molar-refractivity contribution in [1.82, 2.24) is 0 Å². The molecule has 0 radical (unpaired) electrons. The van der Waals surface area contributed by atoms with Gasteiger partial charge in [-0.25, -0.2) is 0 Å². The minimum absolute atomic E-state index is 0.0322. The number of hydrogen-bond acceptors (Lipinski definition) is 5. The highest BCUT2D eigenvalue weighted by Crippen LogP contribution is 2.35. The molecule has 0 spiro atoms. The molecule has 0 fully saturated rings. The lowest BCUT2D eigenvalue weighted by atomic mass is 10.1. The second-order valence-electron chi connectivity index (χ2n) is 6.14. The molecule has 1 heterocycles. The summed E-state index contributed by atoms with van der Waals surface area (Å²) in [6.07, 6.45) is 1.62. The average molecular weight is 492 g/mol. The minimum Gasteiger partial charge on any atom is -0.452 e. The highest BCUT2D eigenvalue weighted by atomic mass is 79.9. The topological polar surface area (TPSA) is 69.7 Å². The highest BCUT2D eigenvalue weighted by molar-refractivity contribution is 9.10. The molecule has 1 aliphatic rings. The molecule has 1 aliphatic heterocycles. The number of carbonyl (C=O) groups is 1. The molecule has 0 aliphatic carbocycles. The van der Waals surface area contributed by atoms with Crippen LogP contribution in [0.1, 0.15) is 15.9 Å². The van der Waals surface area contributed by atoms with E-state index >= 15 is 0 Å². The lowest BCUT2D eigenvalue weighted by Gasteiger charge is -2.08. The Bertz CT molecular complexity index is 1230. The lowest BCUT2D eigenvalue weighted by Crippen LogP contribution is -2.09. The Balaban J connectivity index is 1.59. The van der Waals surface area contributed by atoms with Crippen LogP contribution in [0.15, 0.2) is 81.9 Å². The van der Waals surface area contributed by atoms with Crippen molar-refractivity contribution in [3.63, 3.8) is 0 Å². The van der Waals surface area contributed by atoms with Gasteiger partial charge in [0.05, 0.1) is 5.56 Å². The van der Waals surface area contributed by atoms with Crippen LogP contribution in [0, 0.1) is 0 Å². The Labute approximate surface area is 180 Å². The van der Waals surface area contributed by atoms with Gasteiger partial charge in [0.1, 0.15) is 16.4 Å². The molecule has 3 aromatic carbocycles. The molecule has 0 bridgehead atoms. The van der Waals surface area contributed by atoms with E-state index < -0.39 is 10.1 Å². The predicted octanol–water partition coefficient (Wildman–Crippen LogP) is 5.49. The first-order valence-electron chi connectivity index (χ1n) is 8.36. The maximum Gasteiger partial charge on any atom is 0.339 e. The number of ketones is 1. The van der Waals surface area contributed by atoms with Gasteiger partial charge in [0.25, 0.3) is 0 Å². The Hall–Kier alpha value is -2.61. The van der Waals surface area contributed by atoms with Gasteiger partial charge in [0.2, 0.25) is 5.78 Å². The first-order chi connectivity index (χ1) is 13.8. The van der Waals surface area contributed by atoms with Crippen molar-refractivity contribution in [3.8, 4) is 11.5 Å². The van der Waals surface area contributed by atoms with Crippen molar-refractivity contribution < 1.29 is 22.1 Å². The summed E-state index contributed by atoms with van der Waals surface area (Å²) in [7, 11) is -4.05. The van der Waals surface area contributed by atoms with Crippen LogP contribution in [0.4, 0.5) is 0 Å². The number of carbonyl (C=O) groups excluding carboxylic acids is 1. The second-order valence-corrected chi connectivity index (χ2v) is 9.04. The summed E-state index contributed by atoms with van der Waals surface area (Å²) in [6, 6.07) is 17.3. The van der Waals surface area contributed by atoms with E-state index in [0.717, 1.165) is 10.0 Å². The molecule has 0 saturated carbocycles. The van der Waals surface area contributed by atoms with Gasteiger partial charge in [-0.2, -0.15) is 8.42 Å². The molecule has 146 valence electrons. The number of hydrogen-bond donors (Lipinski definition) is 0. The molecule has 8 heteroatoms. The zero-order chi connectivity index (χ0) is 20.6. The molecule has 0 unspecified atom stereocenters. The third kappa shape index (κ3) is 4.22. The standard InChI is InChI=1S/C21H12BrClO5S/c22-14-3-1-13(2-4-14)11-20-21(24)18-10-7-16(12-19(18)27-20)28-29(25,26)17-8-5-15(23)6-9-17/h1-12H/b20-11-. The van der Waals surface area contributed by atoms with E-state index in [2.05, 4.69) is 15.9 Å².